The average molecular weight is 1670 g/mol. The van der Waals surface area contributed by atoms with E-state index in [1.807, 2.05) is 52.2 Å². The Hall–Kier alpha value is -8.66. The molecule has 1 saturated heterocycles. The summed E-state index contributed by atoms with van der Waals surface area (Å²) in [5.41, 5.74) is 0.115. The number of hydrogen-bond acceptors (Lipinski definition) is 22. The molecule has 8 amide bonds. The first-order valence-electron chi connectivity index (χ1n) is 36.1. The minimum Gasteiger partial charge on any atom is -0.481 e. The van der Waals surface area contributed by atoms with E-state index in [0.717, 1.165) is 4.68 Å². The van der Waals surface area contributed by atoms with Crippen LogP contribution < -0.4 is 47.7 Å². The van der Waals surface area contributed by atoms with Crippen LogP contribution in [0.4, 0.5) is 8.90 Å². The van der Waals surface area contributed by atoms with E-state index in [9.17, 15) is 116 Å². The van der Waals surface area contributed by atoms with Gasteiger partial charge in [-0.25, -0.2) is 28.7 Å². The zero-order valence-electron chi connectivity index (χ0n) is 63.5. The lowest BCUT2D eigenvalue weighted by Gasteiger charge is -2.44. The number of carboxylic acids is 7. The highest BCUT2D eigenvalue weighted by Crippen LogP contribution is 2.51. The minimum absolute atomic E-state index is 0.00836. The molecule has 0 spiro atoms. The van der Waals surface area contributed by atoms with E-state index in [4.69, 9.17) is 15.3 Å². The van der Waals surface area contributed by atoms with Crippen LogP contribution in [0.5, 0.6) is 0 Å². The summed E-state index contributed by atoms with van der Waals surface area (Å²) in [5.74, 6) is -14.3. The molecule has 112 heavy (non-hydrogen) atoms. The SMILES string of the molecule is CC(C)(C)[Si](F)(c1ccc(C(=O)NC[C@@H](C(=O)N[C@H](CCCCNC(=O)CCC(=O)NCCCC(NC(=O)CCC[C@H](NC(=O)N[C@@H](CCC(=O)O)C(=O)O)C(=O)O)C(=O)O)C(=O)O)n2cc(CNC(=O)CCP(=O)(O)CN3CCN(CP(=O)(O)CCC(=O)O)CCN(CP(=O)(O)CCC(=O)O)CC3)nn2)cc1)C(C)(C)C. The number of nitrogens with one attached hydrogen (secondary N) is 8. The zero-order chi connectivity index (χ0) is 84.5. The lowest BCUT2D eigenvalue weighted by molar-refractivity contribution is -0.142. The molecule has 41 nitrogen and oxygen atoms in total. The molecule has 2 heterocycles. The van der Waals surface area contributed by atoms with Crippen molar-refractivity contribution in [1.82, 2.24) is 72.2 Å². The third-order valence-corrected chi connectivity index (χ3v) is 28.6. The van der Waals surface area contributed by atoms with Crippen molar-refractivity contribution in [3.05, 3.63) is 41.7 Å². The highest BCUT2D eigenvalue weighted by atomic mass is 31.2. The van der Waals surface area contributed by atoms with E-state index in [1.54, 1.807) is 12.1 Å². The molecule has 1 aromatic carbocycles. The number of carbonyl (C=O) groups is 14. The summed E-state index contributed by atoms with van der Waals surface area (Å²) in [6.45, 7) is 10.2. The van der Waals surface area contributed by atoms with Crippen LogP contribution in [0.25, 0.3) is 0 Å². The Balaban J connectivity index is 1.63. The van der Waals surface area contributed by atoms with Gasteiger partial charge in [0.1, 0.15) is 35.9 Å². The van der Waals surface area contributed by atoms with Crippen LogP contribution in [0.15, 0.2) is 30.5 Å². The number of carboxylic acid groups (broad SMARTS) is 7. The normalized spacial score (nSPS) is 16.3. The van der Waals surface area contributed by atoms with Gasteiger partial charge in [-0.1, -0.05) is 58.9 Å². The van der Waals surface area contributed by atoms with E-state index in [-0.39, 0.29) is 134 Å². The lowest BCUT2D eigenvalue weighted by atomic mass is 10.1. The van der Waals surface area contributed by atoms with Crippen LogP contribution in [0.1, 0.15) is 160 Å². The highest BCUT2D eigenvalue weighted by Gasteiger charge is 2.56. The Kier molecular flexibility index (Phi) is 40.0. The number of hydrogen-bond donors (Lipinski definition) is 18. The Morgan fingerprint density at radius 1 is 0.473 bits per heavy atom. The summed E-state index contributed by atoms with van der Waals surface area (Å²) in [6.07, 6.45) is -6.13. The lowest BCUT2D eigenvalue weighted by Crippen LogP contribution is -2.57. The van der Waals surface area contributed by atoms with E-state index in [0.29, 0.717) is 5.19 Å². The maximum atomic E-state index is 17.2. The summed E-state index contributed by atoms with van der Waals surface area (Å²) in [4.78, 5) is 209. The monoisotopic (exact) mass is 1670 g/mol. The molecule has 630 valence electrons. The first-order chi connectivity index (χ1) is 52.0. The third-order valence-electron chi connectivity index (χ3n) is 18.0. The number of halogens is 1. The molecule has 0 radical (unpaired) electrons. The van der Waals surface area contributed by atoms with Gasteiger partial charge < -0.3 is 97.1 Å². The first kappa shape index (κ1) is 97.5. The minimum atomic E-state index is -4.22. The fourth-order valence-electron chi connectivity index (χ4n) is 12.1. The number of rotatable bonds is 50. The van der Waals surface area contributed by atoms with E-state index in [2.05, 4.69) is 42.2 Å². The second-order valence-corrected chi connectivity index (χ2v) is 41.5. The van der Waals surface area contributed by atoms with E-state index in [1.165, 1.54) is 33.0 Å². The topological polar surface area (TPSA) is 629 Å². The van der Waals surface area contributed by atoms with Crippen LogP contribution in [0, 0.1) is 0 Å². The number of unbranched alkanes of at least 4 members (excludes halogenated alkanes) is 1. The number of aliphatic carboxylic acids is 7. The van der Waals surface area contributed by atoms with Crippen molar-refractivity contribution in [2.24, 2.45) is 0 Å². The van der Waals surface area contributed by atoms with Crippen molar-refractivity contribution in [2.75, 3.05) is 96.2 Å². The van der Waals surface area contributed by atoms with Gasteiger partial charge in [-0.15, -0.1) is 5.10 Å². The Morgan fingerprint density at radius 2 is 0.875 bits per heavy atom. The quantitative estimate of drug-likeness (QED) is 0.0189. The second kappa shape index (κ2) is 45.9. The van der Waals surface area contributed by atoms with Crippen molar-refractivity contribution in [2.45, 2.75) is 185 Å². The summed E-state index contributed by atoms with van der Waals surface area (Å²) in [5, 5.41) is 91.9. The molecular weight excluding hydrogens is 1560 g/mol. The van der Waals surface area contributed by atoms with Crippen LogP contribution in [0.3, 0.4) is 0 Å². The summed E-state index contributed by atoms with van der Waals surface area (Å²) < 4.78 is 58.0. The molecule has 0 bridgehead atoms. The van der Waals surface area contributed by atoms with Crippen molar-refractivity contribution < 1.29 is 135 Å². The number of carbonyl (C=O) groups excluding carboxylic acids is 7. The Bertz CT molecular complexity index is 3690. The first-order valence-corrected chi connectivity index (χ1v) is 44.1. The van der Waals surface area contributed by atoms with Crippen molar-refractivity contribution in [3.63, 3.8) is 0 Å². The summed E-state index contributed by atoms with van der Waals surface area (Å²) >= 11 is 0. The summed E-state index contributed by atoms with van der Waals surface area (Å²) in [6, 6.07) is -3.01. The fourth-order valence-corrected chi connectivity index (χ4v) is 21.5. The fraction of sp³-hybridized carbons (Fsp3) is 0.667. The Morgan fingerprint density at radius 3 is 1.32 bits per heavy atom. The van der Waals surface area contributed by atoms with Gasteiger partial charge in [-0.05, 0) is 78.8 Å². The van der Waals surface area contributed by atoms with Crippen molar-refractivity contribution in [3.8, 4) is 0 Å². The number of aromatic nitrogens is 3. The average Bonchev–Trinajstić information content (AvgIpc) is 1.26. The predicted octanol–water partition coefficient (Wildman–Crippen LogP) is 0.873. The maximum Gasteiger partial charge on any atom is 0.326 e. The number of nitrogens with zero attached hydrogens (tertiary/aromatic N) is 6. The van der Waals surface area contributed by atoms with Crippen molar-refractivity contribution in [1.29, 1.82) is 0 Å². The molecule has 0 aliphatic carbocycles. The van der Waals surface area contributed by atoms with Gasteiger partial charge in [0.15, 0.2) is 0 Å². The van der Waals surface area contributed by atoms with Crippen LogP contribution in [-0.4, -0.2) is 292 Å². The molecule has 2 aromatic rings. The number of urea groups is 1. The third kappa shape index (κ3) is 36.4. The van der Waals surface area contributed by atoms with Crippen molar-refractivity contribution >= 4 is 119 Å². The molecule has 1 fully saturated rings. The molecule has 8 atom stereocenters. The second-order valence-electron chi connectivity index (χ2n) is 29.4. The molecule has 1 aliphatic heterocycles. The van der Waals surface area contributed by atoms with Gasteiger partial charge in [0.25, 0.3) is 14.3 Å². The van der Waals surface area contributed by atoms with Crippen LogP contribution >= 0.6 is 22.1 Å². The summed E-state index contributed by atoms with van der Waals surface area (Å²) in [7, 11) is -16.1. The maximum absolute atomic E-state index is 17.2. The molecule has 4 unspecified atom stereocenters. The highest BCUT2D eigenvalue weighted by molar-refractivity contribution is 7.58. The largest absolute Gasteiger partial charge is 0.481 e. The zero-order valence-corrected chi connectivity index (χ0v) is 67.2. The predicted molar refractivity (Wildman–Crippen MR) is 401 cm³/mol. The number of amides is 8. The van der Waals surface area contributed by atoms with Crippen LogP contribution in [-0.2, 0) is 77.8 Å². The molecule has 0 saturated carbocycles. The molecule has 46 heteroatoms. The molecular formula is C66H108FN14O27P3Si. The van der Waals surface area contributed by atoms with Gasteiger partial charge >= 0.3 is 47.8 Å². The van der Waals surface area contributed by atoms with Gasteiger partial charge in [0.2, 0.25) is 51.6 Å². The van der Waals surface area contributed by atoms with Gasteiger partial charge in [0.05, 0.1) is 44.4 Å². The molecule has 18 N–H and O–H groups in total. The molecule has 1 aliphatic rings. The van der Waals surface area contributed by atoms with E-state index >= 15 is 4.11 Å². The number of benzene rings is 1. The van der Waals surface area contributed by atoms with Gasteiger partial charge in [-0.2, -0.15) is 0 Å². The standard InChI is InChI=1S/C66H108FN14O27P3Si/c1-65(2,3)112(67,66(4,5)6)45-17-15-43(16-18-45)58(92)71-38-50(81-39-44(76-77-81)37-70-53(84)23-34-109(103,104)40-78-28-30-79(41-110(105,106)35-24-56(88)89)32-33-80(31-29-78)42-111(107,108)36-25-57(90)91)59(93)73-47(61(96)97)11-7-8-26-68-51(82)20-21-52(83)69-27-10-13-46(60(94)95)72-54(85)14-9-12-48(62(98)99)74-64(102)75-49(63(100)101)19-22-55(86)87/h15-18,39,46-50H,7-14,19-38,40-42H2,1-6H3,(H,68,82)(H,69,83)(H,70,84)(H,71,92)(H,72,85)(H,73,93)(H,86,87)(H,88,89)(H,90,91)(H,94,95)(H,96,97)(H,98,99)(H,100,101)(H,103,104)(H,105,106)(H,107,108)(H2,74,75,102)/t46?,47-,48+,49+,50+/m1/s1. The van der Waals surface area contributed by atoms with Gasteiger partial charge in [-0.3, -0.25) is 71.5 Å². The smallest absolute Gasteiger partial charge is 0.326 e. The van der Waals surface area contributed by atoms with Gasteiger partial charge in [0, 0.05) is 115 Å². The van der Waals surface area contributed by atoms with E-state index < -0.39 is 230 Å². The van der Waals surface area contributed by atoms with Crippen LogP contribution in [0.2, 0.25) is 10.1 Å². The molecule has 1 aromatic heterocycles. The Labute approximate surface area is 646 Å². The molecule has 3 rings (SSSR count).